The van der Waals surface area contributed by atoms with E-state index < -0.39 is 11.7 Å². The third-order valence-corrected chi connectivity index (χ3v) is 6.10. The molecule has 1 aliphatic heterocycles. The van der Waals surface area contributed by atoms with Gasteiger partial charge in [0.15, 0.2) is 0 Å². The summed E-state index contributed by atoms with van der Waals surface area (Å²) in [5.74, 6) is 0.507. The quantitative estimate of drug-likeness (QED) is 0.479. The van der Waals surface area contributed by atoms with E-state index in [1.807, 2.05) is 51.1 Å². The highest BCUT2D eigenvalue weighted by Gasteiger charge is 2.27. The molecule has 8 heteroatoms. The summed E-state index contributed by atoms with van der Waals surface area (Å²) in [7, 11) is 0. The number of alkyl carbamates (subject to hydrolysis) is 1. The van der Waals surface area contributed by atoms with Crippen LogP contribution in [0.2, 0.25) is 0 Å². The number of amides is 2. The number of ether oxygens (including phenoxy) is 2. The van der Waals surface area contributed by atoms with Gasteiger partial charge in [0.1, 0.15) is 18.0 Å². The predicted octanol–water partition coefficient (Wildman–Crippen LogP) is 5.33. The summed E-state index contributed by atoms with van der Waals surface area (Å²) in [6.07, 6.45) is 4.54. The second-order valence-corrected chi connectivity index (χ2v) is 10.3. The van der Waals surface area contributed by atoms with Gasteiger partial charge in [-0.15, -0.1) is 0 Å². The molecule has 2 heterocycles. The van der Waals surface area contributed by atoms with Crippen molar-refractivity contribution >= 4 is 12.0 Å². The van der Waals surface area contributed by atoms with Crippen LogP contribution in [0.1, 0.15) is 55.1 Å². The van der Waals surface area contributed by atoms with Crippen LogP contribution in [-0.2, 0) is 11.3 Å². The number of carbonyl (C=O) groups excluding carboxylic acids is 2. The van der Waals surface area contributed by atoms with Crippen molar-refractivity contribution < 1.29 is 19.1 Å². The van der Waals surface area contributed by atoms with E-state index in [2.05, 4.69) is 16.4 Å². The molecule has 0 aliphatic carbocycles. The third kappa shape index (κ3) is 7.10. The average Bonchev–Trinajstić information content (AvgIpc) is 2.91. The van der Waals surface area contributed by atoms with E-state index >= 15 is 0 Å². The molecule has 0 saturated carbocycles. The van der Waals surface area contributed by atoms with Crippen LogP contribution >= 0.6 is 0 Å². The summed E-state index contributed by atoms with van der Waals surface area (Å²) in [6, 6.07) is 18.3. The molecule has 1 N–H and O–H groups in total. The summed E-state index contributed by atoms with van der Waals surface area (Å²) in [4.78, 5) is 31.7. The van der Waals surface area contributed by atoms with Crippen LogP contribution in [0.4, 0.5) is 4.79 Å². The number of piperidine rings is 1. The Morgan fingerprint density at radius 2 is 1.95 bits per heavy atom. The van der Waals surface area contributed by atoms with Crippen LogP contribution in [-0.4, -0.2) is 46.6 Å². The van der Waals surface area contributed by atoms with Crippen molar-refractivity contribution in [2.24, 2.45) is 0 Å². The number of pyridine rings is 1. The van der Waals surface area contributed by atoms with Crippen LogP contribution in [0.5, 0.6) is 5.75 Å². The Bertz CT molecular complexity index is 1310. The number of hydrogen-bond acceptors (Lipinski definition) is 6. The number of nitrogens with zero attached hydrogens (tertiary/aromatic N) is 3. The molecule has 2 aromatic carbocycles. The van der Waals surface area contributed by atoms with Crippen molar-refractivity contribution in [2.75, 3.05) is 13.1 Å². The predicted molar refractivity (Wildman–Crippen MR) is 143 cm³/mol. The van der Waals surface area contributed by atoms with Gasteiger partial charge < -0.3 is 19.7 Å². The van der Waals surface area contributed by atoms with Gasteiger partial charge in [0.25, 0.3) is 5.91 Å². The SMILES string of the molecule is CC(C)(C)OC(=O)NC1CCCN(C(=O)c2ccc(OCc3cccnc3)c(-c3ccc(C#N)cc3)c2)C1. The number of likely N-dealkylation sites (tertiary alicyclic amines) is 1. The van der Waals surface area contributed by atoms with E-state index in [4.69, 9.17) is 9.47 Å². The highest BCUT2D eigenvalue weighted by Crippen LogP contribution is 2.33. The van der Waals surface area contributed by atoms with E-state index in [9.17, 15) is 14.9 Å². The minimum absolute atomic E-state index is 0.116. The van der Waals surface area contributed by atoms with E-state index in [0.717, 1.165) is 29.5 Å². The molecule has 0 bridgehead atoms. The molecule has 0 radical (unpaired) electrons. The zero-order valence-corrected chi connectivity index (χ0v) is 21.9. The third-order valence-electron chi connectivity index (χ3n) is 6.10. The molecule has 0 spiro atoms. The molecule has 4 rings (SSSR count). The highest BCUT2D eigenvalue weighted by atomic mass is 16.6. The molecule has 1 aliphatic rings. The summed E-state index contributed by atoms with van der Waals surface area (Å²) in [6.45, 7) is 6.80. The first-order valence-electron chi connectivity index (χ1n) is 12.7. The van der Waals surface area contributed by atoms with Gasteiger partial charge in [-0.25, -0.2) is 4.79 Å². The van der Waals surface area contributed by atoms with Crippen LogP contribution in [0.3, 0.4) is 0 Å². The lowest BCUT2D eigenvalue weighted by Crippen LogP contribution is -2.50. The Balaban J connectivity index is 1.54. The first-order valence-corrected chi connectivity index (χ1v) is 12.7. The summed E-state index contributed by atoms with van der Waals surface area (Å²) >= 11 is 0. The Morgan fingerprint density at radius 1 is 1.16 bits per heavy atom. The number of nitrogens with one attached hydrogen (secondary N) is 1. The van der Waals surface area contributed by atoms with E-state index in [1.165, 1.54) is 0 Å². The maximum absolute atomic E-state index is 13.5. The van der Waals surface area contributed by atoms with Crippen molar-refractivity contribution in [1.82, 2.24) is 15.2 Å². The van der Waals surface area contributed by atoms with Gasteiger partial charge in [-0.1, -0.05) is 18.2 Å². The Morgan fingerprint density at radius 3 is 2.63 bits per heavy atom. The monoisotopic (exact) mass is 512 g/mol. The average molecular weight is 513 g/mol. The van der Waals surface area contributed by atoms with Gasteiger partial charge in [-0.2, -0.15) is 5.26 Å². The molecule has 3 aromatic rings. The van der Waals surface area contributed by atoms with E-state index in [0.29, 0.717) is 36.6 Å². The number of benzene rings is 2. The Kier molecular flexibility index (Phi) is 8.27. The van der Waals surface area contributed by atoms with Gasteiger partial charge in [0.2, 0.25) is 0 Å². The first-order chi connectivity index (χ1) is 18.2. The summed E-state index contributed by atoms with van der Waals surface area (Å²) < 4.78 is 11.5. The minimum atomic E-state index is -0.586. The van der Waals surface area contributed by atoms with Gasteiger partial charge in [0, 0.05) is 48.2 Å². The van der Waals surface area contributed by atoms with E-state index in [1.54, 1.807) is 41.6 Å². The zero-order valence-electron chi connectivity index (χ0n) is 21.9. The number of carbonyl (C=O) groups is 2. The Labute approximate surface area is 223 Å². The molecule has 2 amide bonds. The van der Waals surface area contributed by atoms with Crippen molar-refractivity contribution in [2.45, 2.75) is 51.9 Å². The molecule has 1 fully saturated rings. The summed E-state index contributed by atoms with van der Waals surface area (Å²) in [5, 5.41) is 12.1. The lowest BCUT2D eigenvalue weighted by Gasteiger charge is -2.33. The Hall–Kier alpha value is -4.38. The number of aromatic nitrogens is 1. The molecule has 1 unspecified atom stereocenters. The summed E-state index contributed by atoms with van der Waals surface area (Å²) in [5.41, 5.74) is 3.01. The lowest BCUT2D eigenvalue weighted by atomic mass is 9.99. The maximum Gasteiger partial charge on any atom is 0.407 e. The van der Waals surface area contributed by atoms with Crippen molar-refractivity contribution in [3.8, 4) is 22.9 Å². The van der Waals surface area contributed by atoms with Gasteiger partial charge in [0.05, 0.1) is 11.6 Å². The van der Waals surface area contributed by atoms with Crippen LogP contribution in [0, 0.1) is 11.3 Å². The van der Waals surface area contributed by atoms with Crippen LogP contribution in [0.25, 0.3) is 11.1 Å². The van der Waals surface area contributed by atoms with Crippen LogP contribution in [0.15, 0.2) is 67.0 Å². The second kappa shape index (κ2) is 11.8. The zero-order chi connectivity index (χ0) is 27.1. The highest BCUT2D eigenvalue weighted by molar-refractivity contribution is 5.96. The molecule has 1 saturated heterocycles. The number of rotatable bonds is 6. The molecule has 8 nitrogen and oxygen atoms in total. The normalized spacial score (nSPS) is 15.3. The van der Waals surface area contributed by atoms with Crippen molar-refractivity contribution in [3.05, 3.63) is 83.7 Å². The standard InChI is InChI=1S/C30H32N4O4/c1-30(2,3)38-29(36)33-25-7-5-15-34(19-25)28(35)24-12-13-27(37-20-22-6-4-14-32-18-22)26(16-24)23-10-8-21(17-31)9-11-23/h4,6,8-14,16,18,25H,5,7,15,19-20H2,1-3H3,(H,33,36). The first kappa shape index (κ1) is 26.7. The topological polar surface area (TPSA) is 105 Å². The minimum Gasteiger partial charge on any atom is -0.488 e. The largest absolute Gasteiger partial charge is 0.488 e. The molecule has 38 heavy (non-hydrogen) atoms. The van der Waals surface area contributed by atoms with Crippen molar-refractivity contribution in [3.63, 3.8) is 0 Å². The smallest absolute Gasteiger partial charge is 0.407 e. The molecule has 196 valence electrons. The molecule has 1 aromatic heterocycles. The number of hydrogen-bond donors (Lipinski definition) is 1. The second-order valence-electron chi connectivity index (χ2n) is 10.3. The van der Waals surface area contributed by atoms with Gasteiger partial charge in [-0.05, 0) is 75.6 Å². The number of nitriles is 1. The maximum atomic E-state index is 13.5. The van der Waals surface area contributed by atoms with Crippen LogP contribution < -0.4 is 10.1 Å². The molecular formula is C30H32N4O4. The van der Waals surface area contributed by atoms with Gasteiger partial charge >= 0.3 is 6.09 Å². The van der Waals surface area contributed by atoms with E-state index in [-0.39, 0.29) is 11.9 Å². The molecular weight excluding hydrogens is 480 g/mol. The lowest BCUT2D eigenvalue weighted by molar-refractivity contribution is 0.0452. The fourth-order valence-corrected chi connectivity index (χ4v) is 4.32. The van der Waals surface area contributed by atoms with Crippen molar-refractivity contribution in [1.29, 1.82) is 5.26 Å². The fourth-order valence-electron chi connectivity index (χ4n) is 4.32. The molecule has 1 atom stereocenters. The fraction of sp³-hybridized carbons (Fsp3) is 0.333. The van der Waals surface area contributed by atoms with Gasteiger partial charge in [-0.3, -0.25) is 9.78 Å².